The standard InChI is InChI=1S/C17H18ClN3O4/c1-24-9-8-19-16(22)13-4-3-5-14(21-13)17(23)20-11-6-7-15(25-2)12(18)10-11/h3-7,10H,8-9H2,1-2H3,(H,19,22)(H,20,23). The van der Waals surface area contributed by atoms with Crippen molar-refractivity contribution in [1.82, 2.24) is 10.3 Å². The van der Waals surface area contributed by atoms with E-state index in [1.807, 2.05) is 0 Å². The lowest BCUT2D eigenvalue weighted by Crippen LogP contribution is -2.28. The summed E-state index contributed by atoms with van der Waals surface area (Å²) in [5.74, 6) is -0.320. The third-order valence-corrected chi connectivity index (χ3v) is 3.51. The lowest BCUT2D eigenvalue weighted by molar-refractivity contribution is 0.0932. The fourth-order valence-corrected chi connectivity index (χ4v) is 2.24. The average molecular weight is 364 g/mol. The number of rotatable bonds is 7. The fourth-order valence-electron chi connectivity index (χ4n) is 1.98. The number of nitrogens with zero attached hydrogens (tertiary/aromatic N) is 1. The molecule has 0 saturated carbocycles. The predicted molar refractivity (Wildman–Crippen MR) is 94.4 cm³/mol. The first-order valence-electron chi connectivity index (χ1n) is 7.44. The van der Waals surface area contributed by atoms with E-state index in [1.165, 1.54) is 19.2 Å². The van der Waals surface area contributed by atoms with E-state index < -0.39 is 5.91 Å². The number of benzene rings is 1. The molecule has 2 rings (SSSR count). The molecule has 2 aromatic rings. The van der Waals surface area contributed by atoms with Crippen molar-refractivity contribution in [2.24, 2.45) is 0 Å². The molecule has 0 aliphatic heterocycles. The summed E-state index contributed by atoms with van der Waals surface area (Å²) in [6.45, 7) is 0.752. The van der Waals surface area contributed by atoms with Gasteiger partial charge in [-0.3, -0.25) is 9.59 Å². The first-order chi connectivity index (χ1) is 12.0. The van der Waals surface area contributed by atoms with Gasteiger partial charge in [0.25, 0.3) is 11.8 Å². The maximum Gasteiger partial charge on any atom is 0.274 e. The molecular weight excluding hydrogens is 346 g/mol. The monoisotopic (exact) mass is 363 g/mol. The minimum Gasteiger partial charge on any atom is -0.495 e. The molecule has 2 N–H and O–H groups in total. The molecule has 25 heavy (non-hydrogen) atoms. The van der Waals surface area contributed by atoms with Crippen molar-refractivity contribution in [2.45, 2.75) is 0 Å². The minimum absolute atomic E-state index is 0.117. The molecule has 0 aliphatic carbocycles. The third-order valence-electron chi connectivity index (χ3n) is 3.22. The number of hydrogen-bond donors (Lipinski definition) is 2. The molecule has 0 spiro atoms. The summed E-state index contributed by atoms with van der Waals surface area (Å²) in [6, 6.07) is 9.51. The molecule has 0 unspecified atom stereocenters. The second kappa shape index (κ2) is 9.00. The highest BCUT2D eigenvalue weighted by Gasteiger charge is 2.13. The van der Waals surface area contributed by atoms with Gasteiger partial charge in [0.1, 0.15) is 17.1 Å². The number of ether oxygens (including phenoxy) is 2. The van der Waals surface area contributed by atoms with Gasteiger partial charge in [-0.15, -0.1) is 0 Å². The van der Waals surface area contributed by atoms with E-state index >= 15 is 0 Å². The Morgan fingerprint density at radius 2 is 1.84 bits per heavy atom. The normalized spacial score (nSPS) is 10.2. The van der Waals surface area contributed by atoms with Gasteiger partial charge in [-0.2, -0.15) is 0 Å². The summed E-state index contributed by atoms with van der Waals surface area (Å²) in [5.41, 5.74) is 0.760. The van der Waals surface area contributed by atoms with Crippen LogP contribution in [0.15, 0.2) is 36.4 Å². The van der Waals surface area contributed by atoms with E-state index in [-0.39, 0.29) is 17.3 Å². The number of carbonyl (C=O) groups is 2. The molecule has 132 valence electrons. The highest BCUT2D eigenvalue weighted by atomic mass is 35.5. The van der Waals surface area contributed by atoms with Gasteiger partial charge < -0.3 is 20.1 Å². The van der Waals surface area contributed by atoms with E-state index in [9.17, 15) is 9.59 Å². The Morgan fingerprint density at radius 1 is 1.12 bits per heavy atom. The van der Waals surface area contributed by atoms with Crippen molar-refractivity contribution in [3.63, 3.8) is 0 Å². The molecule has 0 radical (unpaired) electrons. The largest absolute Gasteiger partial charge is 0.495 e. The van der Waals surface area contributed by atoms with Gasteiger partial charge in [0.2, 0.25) is 0 Å². The first kappa shape index (κ1) is 18.7. The number of aromatic nitrogens is 1. The summed E-state index contributed by atoms with van der Waals surface area (Å²) in [5, 5.41) is 5.70. The Kier molecular flexibility index (Phi) is 6.73. The first-order valence-corrected chi connectivity index (χ1v) is 7.82. The summed E-state index contributed by atoms with van der Waals surface area (Å²) in [4.78, 5) is 28.4. The number of anilines is 1. The van der Waals surface area contributed by atoms with Crippen LogP contribution in [-0.2, 0) is 4.74 Å². The van der Waals surface area contributed by atoms with Crippen molar-refractivity contribution >= 4 is 29.1 Å². The lowest BCUT2D eigenvalue weighted by Gasteiger charge is -2.09. The summed E-state index contributed by atoms with van der Waals surface area (Å²) >= 11 is 6.03. The van der Waals surface area contributed by atoms with Gasteiger partial charge in [0.15, 0.2) is 0 Å². The number of amides is 2. The molecule has 1 aromatic heterocycles. The molecule has 0 bridgehead atoms. The van der Waals surface area contributed by atoms with Crippen LogP contribution < -0.4 is 15.4 Å². The number of carbonyl (C=O) groups excluding carboxylic acids is 2. The summed E-state index contributed by atoms with van der Waals surface area (Å²) < 4.78 is 9.93. The molecule has 0 atom stereocenters. The summed E-state index contributed by atoms with van der Waals surface area (Å²) in [7, 11) is 3.05. The van der Waals surface area contributed by atoms with Crippen molar-refractivity contribution in [3.05, 3.63) is 52.8 Å². The molecule has 0 saturated heterocycles. The Bertz CT molecular complexity index is 767. The van der Waals surface area contributed by atoms with E-state index in [2.05, 4.69) is 15.6 Å². The molecule has 1 aromatic carbocycles. The summed E-state index contributed by atoms with van der Waals surface area (Å²) in [6.07, 6.45) is 0. The minimum atomic E-state index is -0.451. The van der Waals surface area contributed by atoms with Crippen LogP contribution in [0.4, 0.5) is 5.69 Å². The van der Waals surface area contributed by atoms with Crippen LogP contribution in [0.2, 0.25) is 5.02 Å². The van der Waals surface area contributed by atoms with Gasteiger partial charge >= 0.3 is 0 Å². The highest BCUT2D eigenvalue weighted by Crippen LogP contribution is 2.27. The topological polar surface area (TPSA) is 89.5 Å². The maximum atomic E-state index is 12.3. The van der Waals surface area contributed by atoms with Crippen molar-refractivity contribution in [2.75, 3.05) is 32.7 Å². The lowest BCUT2D eigenvalue weighted by atomic mass is 10.2. The Hall–Kier alpha value is -2.64. The molecule has 1 heterocycles. The highest BCUT2D eigenvalue weighted by molar-refractivity contribution is 6.32. The fraction of sp³-hybridized carbons (Fsp3) is 0.235. The number of hydrogen-bond acceptors (Lipinski definition) is 5. The van der Waals surface area contributed by atoms with Gasteiger partial charge in [-0.25, -0.2) is 4.98 Å². The Labute approximate surface area is 150 Å². The van der Waals surface area contributed by atoms with Crippen LogP contribution >= 0.6 is 11.6 Å². The van der Waals surface area contributed by atoms with Crippen molar-refractivity contribution in [3.8, 4) is 5.75 Å². The Balaban J connectivity index is 2.08. The molecule has 7 nitrogen and oxygen atoms in total. The number of pyridine rings is 1. The second-order valence-electron chi connectivity index (χ2n) is 4.96. The molecule has 8 heteroatoms. The smallest absolute Gasteiger partial charge is 0.274 e. The van der Waals surface area contributed by atoms with E-state index in [4.69, 9.17) is 21.1 Å². The average Bonchev–Trinajstić information content (AvgIpc) is 2.62. The quantitative estimate of drug-likeness (QED) is 0.737. The van der Waals surface area contributed by atoms with E-state index in [1.54, 1.807) is 31.4 Å². The van der Waals surface area contributed by atoms with Crippen LogP contribution in [0, 0.1) is 0 Å². The molecule has 0 fully saturated rings. The van der Waals surface area contributed by atoms with Crippen LogP contribution in [0.25, 0.3) is 0 Å². The molecular formula is C17H18ClN3O4. The predicted octanol–water partition coefficient (Wildman–Crippen LogP) is 2.37. The molecule has 2 amide bonds. The van der Waals surface area contributed by atoms with Crippen molar-refractivity contribution in [1.29, 1.82) is 0 Å². The number of nitrogens with one attached hydrogen (secondary N) is 2. The van der Waals surface area contributed by atoms with E-state index in [0.29, 0.717) is 29.6 Å². The van der Waals surface area contributed by atoms with Crippen LogP contribution in [0.3, 0.4) is 0 Å². The van der Waals surface area contributed by atoms with Crippen LogP contribution in [0.5, 0.6) is 5.75 Å². The van der Waals surface area contributed by atoms with Crippen LogP contribution in [-0.4, -0.2) is 44.2 Å². The zero-order valence-electron chi connectivity index (χ0n) is 13.8. The van der Waals surface area contributed by atoms with Crippen LogP contribution in [0.1, 0.15) is 21.0 Å². The van der Waals surface area contributed by atoms with Gasteiger partial charge in [-0.1, -0.05) is 17.7 Å². The van der Waals surface area contributed by atoms with Gasteiger partial charge in [0.05, 0.1) is 18.7 Å². The van der Waals surface area contributed by atoms with E-state index in [0.717, 1.165) is 0 Å². The zero-order chi connectivity index (χ0) is 18.2. The SMILES string of the molecule is COCCNC(=O)c1cccc(C(=O)Nc2ccc(OC)c(Cl)c2)n1. The second-order valence-corrected chi connectivity index (χ2v) is 5.37. The number of halogens is 1. The zero-order valence-corrected chi connectivity index (χ0v) is 14.6. The third kappa shape index (κ3) is 5.17. The maximum absolute atomic E-state index is 12.3. The Morgan fingerprint density at radius 3 is 2.48 bits per heavy atom. The molecule has 0 aliphatic rings. The van der Waals surface area contributed by atoms with Crippen molar-refractivity contribution < 1.29 is 19.1 Å². The van der Waals surface area contributed by atoms with Gasteiger partial charge in [-0.05, 0) is 30.3 Å². The number of methoxy groups -OCH3 is 2. The van der Waals surface area contributed by atoms with Gasteiger partial charge in [0, 0.05) is 19.3 Å².